The fourth-order valence-electron chi connectivity index (χ4n) is 4.25. The number of hydrogen-bond acceptors (Lipinski definition) is 6. The van der Waals surface area contributed by atoms with Gasteiger partial charge in [0.2, 0.25) is 10.0 Å². The van der Waals surface area contributed by atoms with Crippen LogP contribution in [0.2, 0.25) is 0 Å². The zero-order valence-electron chi connectivity index (χ0n) is 19.1. The summed E-state index contributed by atoms with van der Waals surface area (Å²) >= 11 is 0. The molecule has 1 fully saturated rings. The number of aromatic amines is 1. The topological polar surface area (TPSA) is 130 Å². The molecule has 5 rings (SSSR count). The number of sulfonamides is 1. The molecular formula is C24H24N6O4S. The molecule has 0 spiro atoms. The maximum atomic E-state index is 13.3. The number of carbonyl (C=O) groups excluding carboxylic acids is 1. The summed E-state index contributed by atoms with van der Waals surface area (Å²) in [6, 6.07) is 11.6. The van der Waals surface area contributed by atoms with Gasteiger partial charge in [0.15, 0.2) is 5.65 Å². The van der Waals surface area contributed by atoms with E-state index in [0.717, 1.165) is 19.3 Å². The van der Waals surface area contributed by atoms with E-state index in [1.54, 1.807) is 43.3 Å². The Hall–Kier alpha value is -3.83. The Morgan fingerprint density at radius 2 is 1.86 bits per heavy atom. The van der Waals surface area contributed by atoms with Crippen LogP contribution in [0, 0.1) is 6.92 Å². The number of para-hydroxylation sites is 2. The highest BCUT2D eigenvalue weighted by Crippen LogP contribution is 2.26. The van der Waals surface area contributed by atoms with E-state index >= 15 is 0 Å². The van der Waals surface area contributed by atoms with E-state index in [2.05, 4.69) is 20.4 Å². The molecule has 4 aromatic rings. The van der Waals surface area contributed by atoms with Crippen molar-refractivity contribution in [2.75, 3.05) is 18.4 Å². The molecule has 2 N–H and O–H groups in total. The van der Waals surface area contributed by atoms with Crippen molar-refractivity contribution in [2.45, 2.75) is 31.1 Å². The summed E-state index contributed by atoms with van der Waals surface area (Å²) in [6.45, 7) is 2.73. The lowest BCUT2D eigenvalue weighted by Crippen LogP contribution is -2.35. The lowest BCUT2D eigenvalue weighted by molar-refractivity contribution is 0.102. The fraction of sp³-hybridized carbons (Fsp3) is 0.250. The van der Waals surface area contributed by atoms with E-state index < -0.39 is 15.9 Å². The van der Waals surface area contributed by atoms with Crippen LogP contribution in [-0.4, -0.2) is 51.5 Å². The first kappa shape index (κ1) is 22.9. The summed E-state index contributed by atoms with van der Waals surface area (Å²) in [7, 11) is -3.68. The molecule has 2 aromatic carbocycles. The summed E-state index contributed by atoms with van der Waals surface area (Å²) in [4.78, 5) is 32.2. The Labute approximate surface area is 201 Å². The molecule has 2 aromatic heterocycles. The molecule has 0 radical (unpaired) electrons. The van der Waals surface area contributed by atoms with Crippen LogP contribution in [0.5, 0.6) is 0 Å². The second-order valence-corrected chi connectivity index (χ2v) is 10.4. The highest BCUT2D eigenvalue weighted by Gasteiger charge is 2.27. The summed E-state index contributed by atoms with van der Waals surface area (Å²) in [6.07, 6.45) is 5.39. The Balaban J connectivity index is 1.49. The molecule has 0 unspecified atom stereocenters. The van der Waals surface area contributed by atoms with Crippen LogP contribution in [0.1, 0.15) is 35.2 Å². The Morgan fingerprint density at radius 1 is 1.09 bits per heavy atom. The van der Waals surface area contributed by atoms with Crippen LogP contribution in [-0.2, 0) is 10.0 Å². The monoisotopic (exact) mass is 492 g/mol. The van der Waals surface area contributed by atoms with Gasteiger partial charge < -0.3 is 10.3 Å². The number of piperidine rings is 1. The number of benzene rings is 2. The molecule has 1 amide bonds. The molecule has 35 heavy (non-hydrogen) atoms. The minimum absolute atomic E-state index is 0.102. The van der Waals surface area contributed by atoms with Crippen molar-refractivity contribution in [3.63, 3.8) is 0 Å². The Morgan fingerprint density at radius 3 is 2.66 bits per heavy atom. The number of nitrogens with zero attached hydrogens (tertiary/aromatic N) is 4. The number of anilines is 1. The van der Waals surface area contributed by atoms with Gasteiger partial charge in [0.25, 0.3) is 11.5 Å². The van der Waals surface area contributed by atoms with Crippen LogP contribution in [0.15, 0.2) is 64.7 Å². The number of H-pyrrole nitrogens is 1. The van der Waals surface area contributed by atoms with Gasteiger partial charge in [0.1, 0.15) is 5.39 Å². The van der Waals surface area contributed by atoms with Gasteiger partial charge in [-0.25, -0.2) is 18.1 Å². The minimum Gasteiger partial charge on any atom is -0.320 e. The quantitative estimate of drug-likeness (QED) is 0.441. The van der Waals surface area contributed by atoms with Gasteiger partial charge in [0, 0.05) is 18.7 Å². The number of carbonyl (C=O) groups is 1. The Bertz CT molecular complexity index is 1590. The lowest BCUT2D eigenvalue weighted by atomic mass is 10.1. The van der Waals surface area contributed by atoms with Gasteiger partial charge in [-0.15, -0.1) is 0 Å². The largest absolute Gasteiger partial charge is 0.320 e. The number of fused-ring (bicyclic) bond motifs is 1. The molecule has 1 aliphatic rings. The first-order valence-corrected chi connectivity index (χ1v) is 12.7. The predicted octanol–water partition coefficient (Wildman–Crippen LogP) is 2.84. The molecule has 10 nitrogen and oxygen atoms in total. The zero-order chi connectivity index (χ0) is 24.6. The Kier molecular flexibility index (Phi) is 5.95. The van der Waals surface area contributed by atoms with Gasteiger partial charge >= 0.3 is 0 Å². The highest BCUT2D eigenvalue weighted by molar-refractivity contribution is 7.89. The maximum absolute atomic E-state index is 13.3. The average molecular weight is 493 g/mol. The van der Waals surface area contributed by atoms with Crippen molar-refractivity contribution in [2.24, 2.45) is 0 Å². The average Bonchev–Trinajstić information content (AvgIpc) is 3.30. The number of hydrogen-bond donors (Lipinski definition) is 2. The normalized spacial score (nSPS) is 14.8. The third-order valence-corrected chi connectivity index (χ3v) is 8.05. The SMILES string of the molecule is Cc1ccc(S(=O)(=O)N2CCCCC2)cc1C(=O)Nc1ccccc1-n1ncc2c(=O)[nH]cnc21. The molecule has 0 atom stereocenters. The molecule has 0 bridgehead atoms. The van der Waals surface area contributed by atoms with E-state index in [-0.39, 0.29) is 16.0 Å². The van der Waals surface area contributed by atoms with E-state index in [1.807, 2.05) is 0 Å². The van der Waals surface area contributed by atoms with Crippen molar-refractivity contribution < 1.29 is 13.2 Å². The molecule has 3 heterocycles. The van der Waals surface area contributed by atoms with Gasteiger partial charge in [-0.05, 0) is 49.6 Å². The molecule has 0 saturated carbocycles. The standard InChI is InChI=1S/C24H24N6O4S/c1-16-9-10-17(35(33,34)29-11-5-2-6-12-29)13-18(16)24(32)28-20-7-3-4-8-21(20)30-22-19(14-27-30)23(31)26-15-25-22/h3-4,7-10,13-15H,2,5-6,11-12H2,1H3,(H,28,32)(H,25,26,31). The van der Waals surface area contributed by atoms with Crippen LogP contribution >= 0.6 is 0 Å². The molecule has 180 valence electrons. The smallest absolute Gasteiger partial charge is 0.261 e. The predicted molar refractivity (Wildman–Crippen MR) is 131 cm³/mol. The van der Waals surface area contributed by atoms with Gasteiger partial charge in [-0.2, -0.15) is 9.40 Å². The van der Waals surface area contributed by atoms with Crippen LogP contribution in [0.3, 0.4) is 0 Å². The first-order valence-electron chi connectivity index (χ1n) is 11.3. The summed E-state index contributed by atoms with van der Waals surface area (Å²) in [5.41, 5.74) is 1.90. The minimum atomic E-state index is -3.68. The van der Waals surface area contributed by atoms with Crippen LogP contribution < -0.4 is 10.9 Å². The third kappa shape index (κ3) is 4.24. The van der Waals surface area contributed by atoms with E-state index in [1.165, 1.54) is 27.6 Å². The van der Waals surface area contributed by atoms with Gasteiger partial charge in [0.05, 0.1) is 28.8 Å². The summed E-state index contributed by atoms with van der Waals surface area (Å²) in [5.74, 6) is -0.451. The number of nitrogens with one attached hydrogen (secondary N) is 2. The van der Waals surface area contributed by atoms with E-state index in [4.69, 9.17) is 0 Å². The van der Waals surface area contributed by atoms with Crippen molar-refractivity contribution in [1.29, 1.82) is 0 Å². The second kappa shape index (κ2) is 9.08. The fourth-order valence-corrected chi connectivity index (χ4v) is 5.79. The van der Waals surface area contributed by atoms with E-state index in [0.29, 0.717) is 41.1 Å². The highest BCUT2D eigenvalue weighted by atomic mass is 32.2. The van der Waals surface area contributed by atoms with Crippen molar-refractivity contribution >= 4 is 32.7 Å². The van der Waals surface area contributed by atoms with Crippen molar-refractivity contribution in [3.8, 4) is 5.69 Å². The van der Waals surface area contributed by atoms with Gasteiger partial charge in [-0.1, -0.05) is 24.6 Å². The van der Waals surface area contributed by atoms with Crippen LogP contribution in [0.4, 0.5) is 5.69 Å². The van der Waals surface area contributed by atoms with Crippen LogP contribution in [0.25, 0.3) is 16.7 Å². The lowest BCUT2D eigenvalue weighted by Gasteiger charge is -2.26. The second-order valence-electron chi connectivity index (χ2n) is 8.44. The molecule has 0 aliphatic carbocycles. The first-order chi connectivity index (χ1) is 16.9. The molecular weight excluding hydrogens is 468 g/mol. The molecule has 11 heteroatoms. The zero-order valence-corrected chi connectivity index (χ0v) is 19.9. The third-order valence-electron chi connectivity index (χ3n) is 6.16. The van der Waals surface area contributed by atoms with Gasteiger partial charge in [-0.3, -0.25) is 9.59 Å². The number of aryl methyl sites for hydroxylation is 1. The summed E-state index contributed by atoms with van der Waals surface area (Å²) < 4.78 is 29.2. The maximum Gasteiger partial charge on any atom is 0.261 e. The molecule has 1 saturated heterocycles. The summed E-state index contributed by atoms with van der Waals surface area (Å²) in [5, 5.41) is 7.47. The number of aromatic nitrogens is 4. The van der Waals surface area contributed by atoms with Crippen molar-refractivity contribution in [1.82, 2.24) is 24.1 Å². The molecule has 1 aliphatic heterocycles. The van der Waals surface area contributed by atoms with E-state index in [9.17, 15) is 18.0 Å². The number of amides is 1. The number of rotatable bonds is 5. The van der Waals surface area contributed by atoms with Crippen molar-refractivity contribution in [3.05, 3.63) is 76.5 Å².